The molecule has 0 spiro atoms. The van der Waals surface area contributed by atoms with E-state index in [0.717, 1.165) is 17.0 Å². The highest BCUT2D eigenvalue weighted by atomic mass is 32.2. The van der Waals surface area contributed by atoms with Crippen LogP contribution in [-0.4, -0.2) is 47.8 Å². The largest absolute Gasteiger partial charge is 0.616 e. The molecule has 0 bridgehead atoms. The normalized spacial score (nSPS) is 26.5. The zero-order valence-electron chi connectivity index (χ0n) is 13.6. The van der Waals surface area contributed by atoms with Crippen molar-refractivity contribution in [3.63, 3.8) is 0 Å². The molecular weight excluding hydrogens is 354 g/mol. The Morgan fingerprint density at radius 3 is 2.48 bits per heavy atom. The van der Waals surface area contributed by atoms with Crippen LogP contribution in [0.2, 0.25) is 0 Å². The van der Waals surface area contributed by atoms with E-state index in [1.165, 1.54) is 7.05 Å². The summed E-state index contributed by atoms with van der Waals surface area (Å²) in [6, 6.07) is 2.16. The predicted molar refractivity (Wildman–Crippen MR) is 87.9 cm³/mol. The maximum Gasteiger partial charge on any atom is 0.415 e. The van der Waals surface area contributed by atoms with Crippen molar-refractivity contribution in [2.24, 2.45) is 0 Å². The van der Waals surface area contributed by atoms with Gasteiger partial charge < -0.3 is 14.6 Å². The fraction of sp³-hybridized carbons (Fsp3) is 0.500. The first-order chi connectivity index (χ1) is 11.9. The molecule has 6 nitrogen and oxygen atoms in total. The van der Waals surface area contributed by atoms with Gasteiger partial charge in [0.15, 0.2) is 6.10 Å². The number of halogens is 2. The van der Waals surface area contributed by atoms with E-state index in [1.807, 2.05) is 0 Å². The minimum absolute atomic E-state index is 0.00883. The molecule has 2 saturated heterocycles. The van der Waals surface area contributed by atoms with Crippen molar-refractivity contribution in [1.29, 1.82) is 0 Å². The maximum atomic E-state index is 14.5. The van der Waals surface area contributed by atoms with Crippen molar-refractivity contribution in [3.05, 3.63) is 29.3 Å². The van der Waals surface area contributed by atoms with Crippen LogP contribution in [0.25, 0.3) is 0 Å². The predicted octanol–water partition coefficient (Wildman–Crippen LogP) is 1.66. The molecule has 9 heteroatoms. The van der Waals surface area contributed by atoms with Gasteiger partial charge in [0.25, 0.3) is 5.91 Å². The van der Waals surface area contributed by atoms with Crippen LogP contribution in [0.1, 0.15) is 24.3 Å². The molecule has 0 saturated carbocycles. The van der Waals surface area contributed by atoms with E-state index in [9.17, 15) is 22.9 Å². The second kappa shape index (κ2) is 7.17. The first-order valence-electron chi connectivity index (χ1n) is 7.94. The van der Waals surface area contributed by atoms with Crippen molar-refractivity contribution >= 4 is 28.9 Å². The van der Waals surface area contributed by atoms with Crippen LogP contribution in [0, 0.1) is 11.6 Å². The van der Waals surface area contributed by atoms with Crippen LogP contribution >= 0.6 is 0 Å². The quantitative estimate of drug-likeness (QED) is 0.819. The zero-order chi connectivity index (χ0) is 18.1. The van der Waals surface area contributed by atoms with E-state index in [2.05, 4.69) is 5.32 Å². The number of nitrogens with zero attached hydrogens (tertiary/aromatic N) is 1. The number of hydrogen-bond acceptors (Lipinski definition) is 4. The van der Waals surface area contributed by atoms with Crippen LogP contribution in [0.3, 0.4) is 0 Å². The van der Waals surface area contributed by atoms with Crippen molar-refractivity contribution in [2.45, 2.75) is 24.9 Å². The maximum absolute atomic E-state index is 14.5. The molecule has 2 aliphatic heterocycles. The molecule has 3 rings (SSSR count). The number of rotatable bonds is 3. The second-order valence-electron chi connectivity index (χ2n) is 6.04. The number of anilines is 1. The van der Waals surface area contributed by atoms with Gasteiger partial charge in [0.1, 0.15) is 23.1 Å². The van der Waals surface area contributed by atoms with Crippen LogP contribution in [0.4, 0.5) is 19.3 Å². The highest BCUT2D eigenvalue weighted by Crippen LogP contribution is 2.35. The monoisotopic (exact) mass is 372 g/mol. The summed E-state index contributed by atoms with van der Waals surface area (Å²) in [7, 11) is 1.41. The Kier molecular flexibility index (Phi) is 5.14. The van der Waals surface area contributed by atoms with E-state index < -0.39 is 40.9 Å². The van der Waals surface area contributed by atoms with Crippen molar-refractivity contribution in [3.8, 4) is 0 Å². The molecule has 0 aromatic heterocycles. The fourth-order valence-electron chi connectivity index (χ4n) is 3.17. The molecule has 2 fully saturated rings. The van der Waals surface area contributed by atoms with Gasteiger partial charge in [-0.2, -0.15) is 0 Å². The lowest BCUT2D eigenvalue weighted by Crippen LogP contribution is -2.35. The molecule has 0 aliphatic carbocycles. The van der Waals surface area contributed by atoms with Gasteiger partial charge in [-0.05, 0) is 30.9 Å². The summed E-state index contributed by atoms with van der Waals surface area (Å²) >= 11 is -0.921. The van der Waals surface area contributed by atoms with E-state index in [4.69, 9.17) is 4.74 Å². The van der Waals surface area contributed by atoms with Gasteiger partial charge in [0, 0.05) is 12.6 Å². The summed E-state index contributed by atoms with van der Waals surface area (Å²) in [5.74, 6) is -1.44. The average Bonchev–Trinajstić information content (AvgIpc) is 2.97. The summed E-state index contributed by atoms with van der Waals surface area (Å²) in [4.78, 5) is 24.5. The third-order valence-corrected chi connectivity index (χ3v) is 5.90. The Morgan fingerprint density at radius 2 is 1.92 bits per heavy atom. The number of cyclic esters (lactones) is 1. The number of carbonyl (C=O) groups excluding carboxylic acids is 2. The highest BCUT2D eigenvalue weighted by molar-refractivity contribution is 7.91. The summed E-state index contributed by atoms with van der Waals surface area (Å²) in [6.45, 7) is -0.112. The number of likely N-dealkylation sites (N-methyl/N-ethyl adjacent to an activating group) is 1. The van der Waals surface area contributed by atoms with Crippen LogP contribution < -0.4 is 10.2 Å². The standard InChI is InChI=1S/C16H18F2N2O4S/c1-19-15(21)13-8-20(16(22)24-13)10-6-11(17)14(12(18)7-10)9-2-4-25(23)5-3-9/h6-7,9,13H,2-5,8H2,1H3,(H,19,21)/t9-,13-,25-/m1/s1. The SMILES string of the molecule is CNC(=O)[C@H]1CN(c2cc(F)c([C@H]3CC[S@+]([O-])CC3)c(F)c2)C(=O)O1. The Balaban J connectivity index is 1.83. The van der Waals surface area contributed by atoms with Crippen LogP contribution in [-0.2, 0) is 20.7 Å². The molecular formula is C16H18F2N2O4S. The molecule has 1 atom stereocenters. The van der Waals surface area contributed by atoms with Gasteiger partial charge in [0.05, 0.1) is 12.2 Å². The summed E-state index contributed by atoms with van der Waals surface area (Å²) in [5, 5.41) is 2.36. The first-order valence-corrected chi connectivity index (χ1v) is 9.43. The number of amides is 2. The summed E-state index contributed by atoms with van der Waals surface area (Å²) in [6.07, 6.45) is -0.918. The Hall–Kier alpha value is -1.87. The molecule has 2 amide bonds. The van der Waals surface area contributed by atoms with E-state index in [0.29, 0.717) is 24.3 Å². The van der Waals surface area contributed by atoms with Crippen molar-refractivity contribution < 1.29 is 27.7 Å². The van der Waals surface area contributed by atoms with Gasteiger partial charge in [-0.15, -0.1) is 0 Å². The smallest absolute Gasteiger partial charge is 0.415 e. The van der Waals surface area contributed by atoms with Gasteiger partial charge in [-0.3, -0.25) is 9.69 Å². The van der Waals surface area contributed by atoms with E-state index in [1.54, 1.807) is 0 Å². The number of carbonyl (C=O) groups is 2. The second-order valence-corrected chi connectivity index (χ2v) is 7.74. The van der Waals surface area contributed by atoms with Crippen molar-refractivity contribution in [2.75, 3.05) is 30.0 Å². The Morgan fingerprint density at radius 1 is 1.32 bits per heavy atom. The topological polar surface area (TPSA) is 81.7 Å². The van der Waals surface area contributed by atoms with Crippen LogP contribution in [0.5, 0.6) is 0 Å². The van der Waals surface area contributed by atoms with Gasteiger partial charge in [-0.25, -0.2) is 13.6 Å². The van der Waals surface area contributed by atoms with Crippen LogP contribution in [0.15, 0.2) is 12.1 Å². The van der Waals surface area contributed by atoms with Gasteiger partial charge in [-0.1, -0.05) is 11.2 Å². The fourth-order valence-corrected chi connectivity index (χ4v) is 4.47. The lowest BCUT2D eigenvalue weighted by atomic mass is 9.92. The average molecular weight is 372 g/mol. The van der Waals surface area contributed by atoms with Gasteiger partial charge >= 0.3 is 6.09 Å². The molecule has 25 heavy (non-hydrogen) atoms. The molecule has 2 aliphatic rings. The molecule has 1 N–H and O–H groups in total. The lowest BCUT2D eigenvalue weighted by Gasteiger charge is -2.25. The van der Waals surface area contributed by atoms with Crippen molar-refractivity contribution in [1.82, 2.24) is 5.32 Å². The third kappa shape index (κ3) is 3.57. The molecule has 0 unspecified atom stereocenters. The number of hydrogen-bond donors (Lipinski definition) is 1. The van der Waals surface area contributed by atoms with E-state index >= 15 is 0 Å². The molecule has 1 aromatic carbocycles. The zero-order valence-corrected chi connectivity index (χ0v) is 14.4. The Bertz CT molecular complexity index is 672. The minimum atomic E-state index is -1.02. The molecule has 2 heterocycles. The molecule has 0 radical (unpaired) electrons. The summed E-state index contributed by atoms with van der Waals surface area (Å²) < 4.78 is 45.4. The highest BCUT2D eigenvalue weighted by Gasteiger charge is 2.37. The molecule has 1 aromatic rings. The molecule has 136 valence electrons. The minimum Gasteiger partial charge on any atom is -0.616 e. The number of nitrogens with one attached hydrogen (secondary N) is 1. The Labute approximate surface area is 146 Å². The van der Waals surface area contributed by atoms with Gasteiger partial charge in [0.2, 0.25) is 0 Å². The number of benzene rings is 1. The first kappa shape index (κ1) is 17.9. The lowest BCUT2D eigenvalue weighted by molar-refractivity contribution is -0.127. The van der Waals surface area contributed by atoms with E-state index in [-0.39, 0.29) is 23.7 Å². The summed E-state index contributed by atoms with van der Waals surface area (Å²) in [5.41, 5.74) is -0.0228. The number of ether oxygens (including phenoxy) is 1. The third-order valence-electron chi connectivity index (χ3n) is 4.52.